The van der Waals surface area contributed by atoms with Crippen LogP contribution in [0.4, 0.5) is 4.39 Å². The fourth-order valence-corrected chi connectivity index (χ4v) is 3.07. The lowest BCUT2D eigenvalue weighted by Gasteiger charge is -2.12. The second-order valence-electron chi connectivity index (χ2n) is 3.94. The number of rotatable bonds is 3. The topological polar surface area (TPSA) is 0 Å². The molecule has 2 aromatic carbocycles. The molecule has 0 amide bonds. The van der Waals surface area contributed by atoms with E-state index in [-0.39, 0.29) is 10.6 Å². The summed E-state index contributed by atoms with van der Waals surface area (Å²) < 4.78 is 14.4. The molecule has 0 aliphatic carbocycles. The van der Waals surface area contributed by atoms with Gasteiger partial charge in [-0.1, -0.05) is 51.8 Å². The zero-order valence-electron chi connectivity index (χ0n) is 9.34. The lowest BCUT2D eigenvalue weighted by Crippen LogP contribution is -1.99. The van der Waals surface area contributed by atoms with Crippen LogP contribution in [0.5, 0.6) is 0 Å². The van der Waals surface area contributed by atoms with E-state index in [0.29, 0.717) is 21.5 Å². The lowest BCUT2D eigenvalue weighted by atomic mass is 10.0. The Kier molecular flexibility index (Phi) is 4.82. The Morgan fingerprint density at radius 1 is 1.17 bits per heavy atom. The van der Waals surface area contributed by atoms with E-state index in [0.717, 1.165) is 5.56 Å². The fourth-order valence-electron chi connectivity index (χ4n) is 1.74. The molecule has 0 aromatic heterocycles. The van der Waals surface area contributed by atoms with Gasteiger partial charge in [0.1, 0.15) is 5.82 Å². The molecule has 0 aliphatic heterocycles. The summed E-state index contributed by atoms with van der Waals surface area (Å²) in [6, 6.07) is 12.9. The molecular weight excluding hydrogens is 382 g/mol. The van der Waals surface area contributed by atoms with Gasteiger partial charge in [-0.05, 0) is 46.1 Å². The normalized spacial score (nSPS) is 12.4. The average molecular weight is 392 g/mol. The van der Waals surface area contributed by atoms with Gasteiger partial charge in [0.15, 0.2) is 0 Å². The van der Waals surface area contributed by atoms with Crippen molar-refractivity contribution in [3.8, 4) is 0 Å². The lowest BCUT2D eigenvalue weighted by molar-refractivity contribution is 0.601. The van der Waals surface area contributed by atoms with Gasteiger partial charge in [-0.15, -0.1) is 0 Å². The van der Waals surface area contributed by atoms with E-state index in [4.69, 9.17) is 11.6 Å². The quantitative estimate of drug-likeness (QED) is 0.569. The molecule has 0 aliphatic rings. The van der Waals surface area contributed by atoms with Crippen molar-refractivity contribution in [3.05, 3.63) is 68.9 Å². The maximum Gasteiger partial charge on any atom is 0.141 e. The van der Waals surface area contributed by atoms with E-state index >= 15 is 0 Å². The zero-order valence-corrected chi connectivity index (χ0v) is 13.3. The van der Waals surface area contributed by atoms with Gasteiger partial charge in [-0.3, -0.25) is 0 Å². The standard InChI is InChI=1S/C14H10Br2ClF/c15-12-6-2-5-11(14(12)18)13(16)8-9-3-1-4-10(17)7-9/h1-7,13H,8H2. The van der Waals surface area contributed by atoms with E-state index in [1.165, 1.54) is 0 Å². The molecule has 4 heteroatoms. The number of benzene rings is 2. The maximum absolute atomic E-state index is 13.9. The van der Waals surface area contributed by atoms with Crippen molar-refractivity contribution in [1.29, 1.82) is 0 Å². The van der Waals surface area contributed by atoms with Gasteiger partial charge in [-0.2, -0.15) is 0 Å². The number of hydrogen-bond donors (Lipinski definition) is 0. The molecule has 0 radical (unpaired) electrons. The molecule has 0 N–H and O–H groups in total. The van der Waals surface area contributed by atoms with Crippen LogP contribution in [-0.4, -0.2) is 0 Å². The van der Waals surface area contributed by atoms with Crippen LogP contribution in [0.25, 0.3) is 0 Å². The summed E-state index contributed by atoms with van der Waals surface area (Å²) >= 11 is 12.7. The van der Waals surface area contributed by atoms with E-state index in [1.54, 1.807) is 12.1 Å². The highest BCUT2D eigenvalue weighted by molar-refractivity contribution is 9.10. The smallest absolute Gasteiger partial charge is 0.141 e. The highest BCUT2D eigenvalue weighted by Crippen LogP contribution is 2.32. The van der Waals surface area contributed by atoms with Crippen molar-refractivity contribution in [2.24, 2.45) is 0 Å². The first kappa shape index (κ1) is 14.0. The fraction of sp³-hybridized carbons (Fsp3) is 0.143. The molecule has 0 nitrogen and oxygen atoms in total. The molecule has 0 fully saturated rings. The largest absolute Gasteiger partial charge is 0.205 e. The first-order valence-corrected chi connectivity index (χ1v) is 7.49. The van der Waals surface area contributed by atoms with E-state index < -0.39 is 0 Å². The summed E-state index contributed by atoms with van der Waals surface area (Å²) in [6.45, 7) is 0. The van der Waals surface area contributed by atoms with Crippen molar-refractivity contribution < 1.29 is 4.39 Å². The minimum Gasteiger partial charge on any atom is -0.205 e. The van der Waals surface area contributed by atoms with Gasteiger partial charge >= 0.3 is 0 Å². The second kappa shape index (κ2) is 6.18. The summed E-state index contributed by atoms with van der Waals surface area (Å²) in [5.74, 6) is -0.221. The van der Waals surface area contributed by atoms with Gasteiger partial charge in [0.2, 0.25) is 0 Å². The van der Waals surface area contributed by atoms with Crippen LogP contribution < -0.4 is 0 Å². The Balaban J connectivity index is 2.22. The van der Waals surface area contributed by atoms with Crippen LogP contribution >= 0.6 is 43.5 Å². The Hall–Kier alpha value is -0.380. The molecule has 0 heterocycles. The molecule has 2 aromatic rings. The zero-order chi connectivity index (χ0) is 13.1. The molecule has 18 heavy (non-hydrogen) atoms. The van der Waals surface area contributed by atoms with Crippen molar-refractivity contribution in [1.82, 2.24) is 0 Å². The molecule has 0 spiro atoms. The summed E-state index contributed by atoms with van der Waals surface area (Å²) in [5, 5.41) is 0.696. The van der Waals surface area contributed by atoms with Crippen LogP contribution in [0.3, 0.4) is 0 Å². The Labute approximate surface area is 127 Å². The predicted molar refractivity (Wildman–Crippen MR) is 80.9 cm³/mol. The number of hydrogen-bond acceptors (Lipinski definition) is 0. The van der Waals surface area contributed by atoms with Gasteiger partial charge in [0, 0.05) is 15.4 Å². The van der Waals surface area contributed by atoms with Crippen molar-refractivity contribution in [2.75, 3.05) is 0 Å². The molecule has 1 unspecified atom stereocenters. The Bertz CT molecular complexity index is 557. The summed E-state index contributed by atoms with van der Waals surface area (Å²) in [4.78, 5) is -0.0755. The second-order valence-corrected chi connectivity index (χ2v) is 6.34. The third-order valence-corrected chi connectivity index (χ3v) is 4.29. The third-order valence-electron chi connectivity index (χ3n) is 2.62. The monoisotopic (exact) mass is 390 g/mol. The summed E-state index contributed by atoms with van der Waals surface area (Å²) in [6.07, 6.45) is 0.688. The third kappa shape index (κ3) is 3.34. The maximum atomic E-state index is 13.9. The summed E-state index contributed by atoms with van der Waals surface area (Å²) in [5.41, 5.74) is 1.72. The molecule has 0 saturated carbocycles. The number of alkyl halides is 1. The van der Waals surface area contributed by atoms with Crippen molar-refractivity contribution >= 4 is 43.5 Å². The highest BCUT2D eigenvalue weighted by Gasteiger charge is 2.15. The first-order chi connectivity index (χ1) is 8.58. The molecule has 2 rings (SSSR count). The molecule has 0 bridgehead atoms. The highest BCUT2D eigenvalue weighted by atomic mass is 79.9. The van der Waals surface area contributed by atoms with Gasteiger partial charge in [0.05, 0.1) is 4.47 Å². The molecule has 94 valence electrons. The molecule has 0 saturated heterocycles. The average Bonchev–Trinajstić information content (AvgIpc) is 2.32. The van der Waals surface area contributed by atoms with E-state index in [9.17, 15) is 4.39 Å². The van der Waals surface area contributed by atoms with Crippen LogP contribution in [0.15, 0.2) is 46.9 Å². The number of halogens is 4. The van der Waals surface area contributed by atoms with Crippen LogP contribution in [0.1, 0.15) is 16.0 Å². The summed E-state index contributed by atoms with van der Waals surface area (Å²) in [7, 11) is 0. The van der Waals surface area contributed by atoms with Crippen LogP contribution in [0, 0.1) is 5.82 Å². The van der Waals surface area contributed by atoms with E-state index in [1.807, 2.05) is 30.3 Å². The van der Waals surface area contributed by atoms with Crippen molar-refractivity contribution in [3.63, 3.8) is 0 Å². The SMILES string of the molecule is Fc1c(Br)cccc1C(Br)Cc1cccc(Cl)c1. The van der Waals surface area contributed by atoms with E-state index in [2.05, 4.69) is 31.9 Å². The predicted octanol–water partition coefficient (Wildman–Crippen LogP) is 5.92. The molecular formula is C14H10Br2ClF. The minimum absolute atomic E-state index is 0.0755. The first-order valence-electron chi connectivity index (χ1n) is 5.40. The van der Waals surface area contributed by atoms with Crippen molar-refractivity contribution in [2.45, 2.75) is 11.2 Å². The Morgan fingerprint density at radius 3 is 2.61 bits per heavy atom. The van der Waals surface area contributed by atoms with Gasteiger partial charge in [-0.25, -0.2) is 4.39 Å². The Morgan fingerprint density at radius 2 is 1.89 bits per heavy atom. The van der Waals surface area contributed by atoms with Crippen LogP contribution in [-0.2, 0) is 6.42 Å². The minimum atomic E-state index is -0.221. The molecule has 1 atom stereocenters. The van der Waals surface area contributed by atoms with Gasteiger partial charge in [0.25, 0.3) is 0 Å². The van der Waals surface area contributed by atoms with Gasteiger partial charge < -0.3 is 0 Å². The van der Waals surface area contributed by atoms with Crippen LogP contribution in [0.2, 0.25) is 5.02 Å².